The van der Waals surface area contributed by atoms with Crippen LogP contribution < -0.4 is 10.6 Å². The molecule has 7 heteroatoms. The molecule has 7 nitrogen and oxygen atoms in total. The molecule has 1 amide bonds. The Kier molecular flexibility index (Phi) is 7.56. The molecule has 0 saturated carbocycles. The van der Waals surface area contributed by atoms with Crippen molar-refractivity contribution < 1.29 is 24.6 Å². The van der Waals surface area contributed by atoms with Crippen molar-refractivity contribution in [2.75, 3.05) is 11.9 Å². The van der Waals surface area contributed by atoms with E-state index in [9.17, 15) is 19.5 Å². The fourth-order valence-corrected chi connectivity index (χ4v) is 2.86. The van der Waals surface area contributed by atoms with E-state index in [2.05, 4.69) is 10.6 Å². The summed E-state index contributed by atoms with van der Waals surface area (Å²) in [6, 6.07) is 15.7. The topological polar surface area (TPSA) is 116 Å². The van der Waals surface area contributed by atoms with Gasteiger partial charge in [0.1, 0.15) is 6.04 Å². The number of anilines is 1. The monoisotopic (exact) mass is 384 g/mol. The van der Waals surface area contributed by atoms with Gasteiger partial charge in [-0.3, -0.25) is 14.4 Å². The number of carboxylic acid groups (broad SMARTS) is 2. The number of rotatable bonds is 10. The summed E-state index contributed by atoms with van der Waals surface area (Å²) in [6.45, 7) is 1.67. The lowest BCUT2D eigenvalue weighted by Crippen LogP contribution is -2.38. The van der Waals surface area contributed by atoms with E-state index >= 15 is 0 Å². The Morgan fingerprint density at radius 3 is 2.25 bits per heavy atom. The maximum atomic E-state index is 12.2. The highest BCUT2D eigenvalue weighted by atomic mass is 16.4. The van der Waals surface area contributed by atoms with Crippen molar-refractivity contribution in [3.05, 3.63) is 65.7 Å². The Morgan fingerprint density at radius 2 is 1.61 bits per heavy atom. The molecule has 0 aromatic heterocycles. The predicted molar refractivity (Wildman–Crippen MR) is 105 cm³/mol. The van der Waals surface area contributed by atoms with E-state index in [0.29, 0.717) is 17.7 Å². The average Bonchev–Trinajstić information content (AvgIpc) is 2.67. The zero-order chi connectivity index (χ0) is 20.5. The van der Waals surface area contributed by atoms with E-state index in [4.69, 9.17) is 5.11 Å². The van der Waals surface area contributed by atoms with Crippen LogP contribution in [0.4, 0.5) is 5.69 Å². The summed E-state index contributed by atoms with van der Waals surface area (Å²) in [6.07, 6.45) is 0.168. The lowest BCUT2D eigenvalue weighted by Gasteiger charge is -2.21. The summed E-state index contributed by atoms with van der Waals surface area (Å²) in [7, 11) is 0. The number of aliphatic carboxylic acids is 2. The van der Waals surface area contributed by atoms with Crippen LogP contribution in [0.2, 0.25) is 0 Å². The van der Waals surface area contributed by atoms with Gasteiger partial charge in [0.05, 0.1) is 12.3 Å². The van der Waals surface area contributed by atoms with E-state index < -0.39 is 23.9 Å². The normalized spacial score (nSPS) is 12.6. The Morgan fingerprint density at radius 1 is 0.964 bits per heavy atom. The molecule has 2 aromatic carbocycles. The fraction of sp³-hybridized carbons (Fsp3) is 0.286. The van der Waals surface area contributed by atoms with Gasteiger partial charge in [-0.1, -0.05) is 48.5 Å². The first-order valence-corrected chi connectivity index (χ1v) is 9.00. The maximum Gasteiger partial charge on any atom is 0.311 e. The minimum atomic E-state index is -0.989. The summed E-state index contributed by atoms with van der Waals surface area (Å²) in [5.74, 6) is -3.06. The van der Waals surface area contributed by atoms with Gasteiger partial charge in [0, 0.05) is 12.2 Å². The molecule has 0 aliphatic rings. The molecule has 2 unspecified atom stereocenters. The molecule has 0 spiro atoms. The van der Waals surface area contributed by atoms with Crippen LogP contribution in [0, 0.1) is 0 Å². The highest BCUT2D eigenvalue weighted by molar-refractivity contribution is 5.86. The molecule has 2 aromatic rings. The average molecular weight is 384 g/mol. The Bertz CT molecular complexity index is 823. The SMILES string of the molecule is CC(Nc1ccccc1C(Cc1ccccc1)C(=O)O)C(=O)NCCC(=O)O. The first-order chi connectivity index (χ1) is 13.4. The van der Waals surface area contributed by atoms with Crippen molar-refractivity contribution in [2.24, 2.45) is 0 Å². The molecule has 0 bridgehead atoms. The first kappa shape index (κ1) is 21.0. The van der Waals surface area contributed by atoms with Gasteiger partial charge in [0.15, 0.2) is 0 Å². The molecule has 4 N–H and O–H groups in total. The third-order valence-electron chi connectivity index (χ3n) is 4.32. The summed E-state index contributed by atoms with van der Waals surface area (Å²) >= 11 is 0. The van der Waals surface area contributed by atoms with E-state index in [1.807, 2.05) is 30.3 Å². The number of para-hydroxylation sites is 1. The third kappa shape index (κ3) is 6.12. The molecular formula is C21H24N2O5. The standard InChI is InChI=1S/C21H24N2O5/c1-14(20(26)22-12-11-19(24)25)23-18-10-6-5-9-16(18)17(21(27)28)13-15-7-3-2-4-8-15/h2-10,14,17,23H,11-13H2,1H3,(H,22,26)(H,24,25)(H,27,28). The second-order valence-electron chi connectivity index (χ2n) is 6.47. The number of nitrogens with one attached hydrogen (secondary N) is 2. The highest BCUT2D eigenvalue weighted by Crippen LogP contribution is 2.28. The minimum absolute atomic E-state index is 0.0353. The van der Waals surface area contributed by atoms with Crippen molar-refractivity contribution in [1.29, 1.82) is 0 Å². The zero-order valence-corrected chi connectivity index (χ0v) is 15.6. The molecule has 2 rings (SSSR count). The lowest BCUT2D eigenvalue weighted by atomic mass is 9.90. The van der Waals surface area contributed by atoms with E-state index in [1.54, 1.807) is 31.2 Å². The molecule has 0 aliphatic heterocycles. The van der Waals surface area contributed by atoms with Crippen molar-refractivity contribution in [2.45, 2.75) is 31.7 Å². The van der Waals surface area contributed by atoms with Crippen LogP contribution >= 0.6 is 0 Å². The van der Waals surface area contributed by atoms with Crippen molar-refractivity contribution in [3.63, 3.8) is 0 Å². The predicted octanol–water partition coefficient (Wildman–Crippen LogP) is 2.49. The van der Waals surface area contributed by atoms with Gasteiger partial charge < -0.3 is 20.8 Å². The van der Waals surface area contributed by atoms with E-state index in [-0.39, 0.29) is 18.9 Å². The van der Waals surface area contributed by atoms with Gasteiger partial charge in [0.25, 0.3) is 0 Å². The first-order valence-electron chi connectivity index (χ1n) is 9.00. The van der Waals surface area contributed by atoms with Crippen LogP contribution in [-0.2, 0) is 20.8 Å². The molecule has 0 heterocycles. The second-order valence-corrected chi connectivity index (χ2v) is 6.47. The van der Waals surface area contributed by atoms with Gasteiger partial charge in [-0.05, 0) is 30.5 Å². The van der Waals surface area contributed by atoms with Crippen LogP contribution in [-0.4, -0.2) is 40.6 Å². The summed E-state index contributed by atoms with van der Waals surface area (Å²) < 4.78 is 0. The van der Waals surface area contributed by atoms with Gasteiger partial charge >= 0.3 is 11.9 Å². The fourth-order valence-electron chi connectivity index (χ4n) is 2.86. The molecule has 0 aliphatic carbocycles. The number of carbonyl (C=O) groups excluding carboxylic acids is 1. The smallest absolute Gasteiger partial charge is 0.311 e. The Labute approximate surface area is 163 Å². The van der Waals surface area contributed by atoms with Crippen LogP contribution in [0.15, 0.2) is 54.6 Å². The highest BCUT2D eigenvalue weighted by Gasteiger charge is 2.24. The molecule has 148 valence electrons. The molecular weight excluding hydrogens is 360 g/mol. The lowest BCUT2D eigenvalue weighted by molar-refractivity contribution is -0.139. The van der Waals surface area contributed by atoms with Crippen LogP contribution in [0.25, 0.3) is 0 Å². The van der Waals surface area contributed by atoms with Crippen LogP contribution in [0.3, 0.4) is 0 Å². The van der Waals surface area contributed by atoms with Crippen LogP contribution in [0.5, 0.6) is 0 Å². The van der Waals surface area contributed by atoms with Gasteiger partial charge in [-0.15, -0.1) is 0 Å². The van der Waals surface area contributed by atoms with Gasteiger partial charge in [-0.2, -0.15) is 0 Å². The van der Waals surface area contributed by atoms with Gasteiger partial charge in [-0.25, -0.2) is 0 Å². The maximum absolute atomic E-state index is 12.2. The minimum Gasteiger partial charge on any atom is -0.481 e. The second kappa shape index (κ2) is 10.1. The number of hydrogen-bond donors (Lipinski definition) is 4. The van der Waals surface area contributed by atoms with Crippen molar-refractivity contribution in [3.8, 4) is 0 Å². The molecule has 28 heavy (non-hydrogen) atoms. The number of hydrogen-bond acceptors (Lipinski definition) is 4. The van der Waals surface area contributed by atoms with E-state index in [1.165, 1.54) is 0 Å². The number of carboxylic acids is 2. The molecule has 0 fully saturated rings. The largest absolute Gasteiger partial charge is 0.481 e. The van der Waals surface area contributed by atoms with Crippen molar-refractivity contribution in [1.82, 2.24) is 5.32 Å². The summed E-state index contributed by atoms with van der Waals surface area (Å²) in [5, 5.41) is 24.0. The van der Waals surface area contributed by atoms with Crippen molar-refractivity contribution >= 4 is 23.5 Å². The van der Waals surface area contributed by atoms with Crippen LogP contribution in [0.1, 0.15) is 30.4 Å². The molecule has 2 atom stereocenters. The third-order valence-corrected chi connectivity index (χ3v) is 4.32. The zero-order valence-electron chi connectivity index (χ0n) is 15.6. The summed E-state index contributed by atoms with van der Waals surface area (Å²) in [5.41, 5.74) is 2.06. The van der Waals surface area contributed by atoms with Gasteiger partial charge in [0.2, 0.25) is 5.91 Å². The number of carbonyl (C=O) groups is 3. The Balaban J connectivity index is 2.14. The van der Waals surface area contributed by atoms with E-state index in [0.717, 1.165) is 5.56 Å². The summed E-state index contributed by atoms with van der Waals surface area (Å²) in [4.78, 5) is 34.6. The number of benzene rings is 2. The quantitative estimate of drug-likeness (QED) is 0.500. The Hall–Kier alpha value is -3.35. The molecule has 0 saturated heterocycles. The number of amides is 1. The molecule has 0 radical (unpaired) electrons.